The first-order valence-corrected chi connectivity index (χ1v) is 7.79. The van der Waals surface area contributed by atoms with E-state index >= 15 is 0 Å². The van der Waals surface area contributed by atoms with Gasteiger partial charge in [-0.3, -0.25) is 14.4 Å². The van der Waals surface area contributed by atoms with Gasteiger partial charge in [0, 0.05) is 25.2 Å². The zero-order valence-electron chi connectivity index (χ0n) is 13.0. The Morgan fingerprint density at radius 1 is 1.30 bits per heavy atom. The molecule has 1 unspecified atom stereocenters. The predicted molar refractivity (Wildman–Crippen MR) is 84.0 cm³/mol. The minimum absolute atomic E-state index is 0.0756. The monoisotopic (exact) mass is 316 g/mol. The smallest absolute Gasteiger partial charge is 0.311 e. The molecule has 1 atom stereocenters. The van der Waals surface area contributed by atoms with Gasteiger partial charge in [-0.2, -0.15) is 0 Å². The van der Waals surface area contributed by atoms with E-state index in [1.54, 1.807) is 4.90 Å². The minimum Gasteiger partial charge on any atom is -0.481 e. The molecule has 6 heteroatoms. The number of carbonyl (C=O) groups excluding carboxylic acids is 2. The van der Waals surface area contributed by atoms with E-state index < -0.39 is 17.3 Å². The number of carbonyl (C=O) groups is 3. The van der Waals surface area contributed by atoms with E-state index in [2.05, 4.69) is 5.32 Å². The Balaban J connectivity index is 1.59. The van der Waals surface area contributed by atoms with Crippen molar-refractivity contribution in [2.75, 3.05) is 18.0 Å². The standard InChI is InChI=1S/C17H20N2O4/c1-11-2-4-13(5-3-11)19-9-12(8-14(19)20)15(21)18-10-17(6-7-17)16(22)23/h2-5,12H,6-10H2,1H3,(H,18,21)(H,22,23). The van der Waals surface area contributed by atoms with Gasteiger partial charge in [-0.25, -0.2) is 0 Å². The molecular weight excluding hydrogens is 296 g/mol. The van der Waals surface area contributed by atoms with Crippen LogP contribution < -0.4 is 10.2 Å². The second-order valence-electron chi connectivity index (χ2n) is 6.54. The van der Waals surface area contributed by atoms with E-state index in [-0.39, 0.29) is 24.8 Å². The van der Waals surface area contributed by atoms with Crippen molar-refractivity contribution in [1.82, 2.24) is 5.32 Å². The minimum atomic E-state index is -0.860. The van der Waals surface area contributed by atoms with Gasteiger partial charge in [0.25, 0.3) is 0 Å². The van der Waals surface area contributed by atoms with Crippen LogP contribution in [0.5, 0.6) is 0 Å². The lowest BCUT2D eigenvalue weighted by atomic mass is 10.1. The summed E-state index contributed by atoms with van der Waals surface area (Å²) in [5.74, 6) is -1.59. The van der Waals surface area contributed by atoms with Crippen molar-refractivity contribution in [2.24, 2.45) is 11.3 Å². The lowest BCUT2D eigenvalue weighted by Crippen LogP contribution is -2.38. The van der Waals surface area contributed by atoms with Gasteiger partial charge in [-0.1, -0.05) is 17.7 Å². The van der Waals surface area contributed by atoms with Crippen molar-refractivity contribution in [3.8, 4) is 0 Å². The maximum absolute atomic E-state index is 12.2. The molecule has 122 valence electrons. The van der Waals surface area contributed by atoms with Crippen LogP contribution in [0.15, 0.2) is 24.3 Å². The van der Waals surface area contributed by atoms with Crippen molar-refractivity contribution in [3.05, 3.63) is 29.8 Å². The second kappa shape index (κ2) is 5.68. The Morgan fingerprint density at radius 2 is 1.96 bits per heavy atom. The van der Waals surface area contributed by atoms with E-state index in [0.717, 1.165) is 11.3 Å². The molecule has 1 heterocycles. The highest BCUT2D eigenvalue weighted by atomic mass is 16.4. The normalized spacial score (nSPS) is 22.0. The summed E-state index contributed by atoms with van der Waals surface area (Å²) in [7, 11) is 0. The van der Waals surface area contributed by atoms with E-state index in [1.165, 1.54) is 0 Å². The van der Waals surface area contributed by atoms with Gasteiger partial charge in [0.1, 0.15) is 0 Å². The Labute approximate surface area is 134 Å². The highest BCUT2D eigenvalue weighted by molar-refractivity contribution is 6.00. The molecule has 1 aliphatic carbocycles. The van der Waals surface area contributed by atoms with Gasteiger partial charge in [0.15, 0.2) is 0 Å². The van der Waals surface area contributed by atoms with Crippen molar-refractivity contribution in [2.45, 2.75) is 26.2 Å². The fraction of sp³-hybridized carbons (Fsp3) is 0.471. The molecule has 23 heavy (non-hydrogen) atoms. The Bertz CT molecular complexity index is 649. The van der Waals surface area contributed by atoms with Crippen LogP contribution >= 0.6 is 0 Å². The fourth-order valence-corrected chi connectivity index (χ4v) is 2.88. The molecule has 0 radical (unpaired) electrons. The highest BCUT2D eigenvalue weighted by Crippen LogP contribution is 2.45. The number of rotatable bonds is 5. The molecule has 6 nitrogen and oxygen atoms in total. The van der Waals surface area contributed by atoms with Crippen molar-refractivity contribution in [3.63, 3.8) is 0 Å². The summed E-state index contributed by atoms with van der Waals surface area (Å²) < 4.78 is 0. The van der Waals surface area contributed by atoms with Gasteiger partial charge < -0.3 is 15.3 Å². The molecule has 2 aliphatic rings. The molecule has 2 amide bonds. The molecule has 0 spiro atoms. The number of aliphatic carboxylic acids is 1. The number of hydrogen-bond donors (Lipinski definition) is 2. The summed E-state index contributed by atoms with van der Waals surface area (Å²) in [5.41, 5.74) is 1.12. The lowest BCUT2D eigenvalue weighted by Gasteiger charge is -2.17. The summed E-state index contributed by atoms with van der Waals surface area (Å²) in [6.07, 6.45) is 1.36. The largest absolute Gasteiger partial charge is 0.481 e. The number of amides is 2. The first kappa shape index (κ1) is 15.5. The maximum atomic E-state index is 12.2. The Kier molecular flexibility index (Phi) is 3.83. The van der Waals surface area contributed by atoms with E-state index in [9.17, 15) is 14.4 Å². The summed E-state index contributed by atoms with van der Waals surface area (Å²) in [6.45, 7) is 2.46. The van der Waals surface area contributed by atoms with E-state index in [4.69, 9.17) is 5.11 Å². The molecule has 1 saturated carbocycles. The maximum Gasteiger partial charge on any atom is 0.311 e. The van der Waals surface area contributed by atoms with E-state index in [1.807, 2.05) is 31.2 Å². The van der Waals surface area contributed by atoms with Crippen LogP contribution in [-0.4, -0.2) is 36.0 Å². The van der Waals surface area contributed by atoms with Crippen LogP contribution in [-0.2, 0) is 14.4 Å². The molecule has 2 fully saturated rings. The lowest BCUT2D eigenvalue weighted by molar-refractivity contribution is -0.143. The van der Waals surface area contributed by atoms with Crippen LogP contribution in [0, 0.1) is 18.3 Å². The molecule has 3 rings (SSSR count). The first-order valence-electron chi connectivity index (χ1n) is 7.79. The second-order valence-corrected chi connectivity index (χ2v) is 6.54. The van der Waals surface area contributed by atoms with Crippen molar-refractivity contribution >= 4 is 23.5 Å². The third-order valence-corrected chi connectivity index (χ3v) is 4.75. The van der Waals surface area contributed by atoms with Gasteiger partial charge in [0.05, 0.1) is 11.3 Å². The zero-order valence-corrected chi connectivity index (χ0v) is 13.0. The third-order valence-electron chi connectivity index (χ3n) is 4.75. The van der Waals surface area contributed by atoms with Gasteiger partial charge in [0.2, 0.25) is 11.8 Å². The molecule has 0 bridgehead atoms. The summed E-state index contributed by atoms with van der Waals surface area (Å²) >= 11 is 0. The van der Waals surface area contributed by atoms with Gasteiger partial charge >= 0.3 is 5.97 Å². The summed E-state index contributed by atoms with van der Waals surface area (Å²) in [5, 5.41) is 11.8. The molecule has 1 aromatic carbocycles. The van der Waals surface area contributed by atoms with Gasteiger partial charge in [-0.15, -0.1) is 0 Å². The predicted octanol–water partition coefficient (Wildman–Crippen LogP) is 1.33. The molecule has 1 aromatic rings. The summed E-state index contributed by atoms with van der Waals surface area (Å²) in [4.78, 5) is 37.1. The molecule has 2 N–H and O–H groups in total. The van der Waals surface area contributed by atoms with Crippen molar-refractivity contribution in [1.29, 1.82) is 0 Å². The number of aryl methyl sites for hydroxylation is 1. The average Bonchev–Trinajstić information content (AvgIpc) is 3.22. The number of carboxylic acids is 1. The van der Waals surface area contributed by atoms with Crippen LogP contribution in [0.25, 0.3) is 0 Å². The van der Waals surface area contributed by atoms with E-state index in [0.29, 0.717) is 19.4 Å². The number of hydrogen-bond acceptors (Lipinski definition) is 3. The molecule has 0 aromatic heterocycles. The Morgan fingerprint density at radius 3 is 2.52 bits per heavy atom. The molecular formula is C17H20N2O4. The van der Waals surface area contributed by atoms with Crippen LogP contribution in [0.3, 0.4) is 0 Å². The number of nitrogens with zero attached hydrogens (tertiary/aromatic N) is 1. The topological polar surface area (TPSA) is 86.7 Å². The fourth-order valence-electron chi connectivity index (χ4n) is 2.88. The SMILES string of the molecule is Cc1ccc(N2CC(C(=O)NCC3(C(=O)O)CC3)CC2=O)cc1. The number of anilines is 1. The number of nitrogens with one attached hydrogen (secondary N) is 1. The number of benzene rings is 1. The van der Waals surface area contributed by atoms with Gasteiger partial charge in [-0.05, 0) is 31.9 Å². The van der Waals surface area contributed by atoms with Crippen LogP contribution in [0.4, 0.5) is 5.69 Å². The van der Waals surface area contributed by atoms with Crippen LogP contribution in [0.2, 0.25) is 0 Å². The zero-order chi connectivity index (χ0) is 16.6. The molecule has 1 saturated heterocycles. The molecule has 1 aliphatic heterocycles. The van der Waals surface area contributed by atoms with Crippen molar-refractivity contribution < 1.29 is 19.5 Å². The Hall–Kier alpha value is -2.37. The van der Waals surface area contributed by atoms with Crippen LogP contribution in [0.1, 0.15) is 24.8 Å². The quantitative estimate of drug-likeness (QED) is 0.858. The third kappa shape index (κ3) is 3.06. The summed E-state index contributed by atoms with van der Waals surface area (Å²) in [6, 6.07) is 7.60. The first-order chi connectivity index (χ1) is 10.9. The number of carboxylic acid groups (broad SMARTS) is 1. The highest BCUT2D eigenvalue weighted by Gasteiger charge is 2.50. The average molecular weight is 316 g/mol.